The average molecular weight is 223 g/mol. The van der Waals surface area contributed by atoms with Crippen molar-refractivity contribution >= 4 is 11.3 Å². The Bertz CT molecular complexity index is 428. The third-order valence-electron chi connectivity index (χ3n) is 1.93. The van der Waals surface area contributed by atoms with Gasteiger partial charge in [-0.1, -0.05) is 11.2 Å². The standard InChI is InChI=1S/C10H13N3OS/c1-10(2,11)9-12-8(13-14-9)6-7-4-3-5-15-7/h3-5H,6,11H2,1-2H3. The summed E-state index contributed by atoms with van der Waals surface area (Å²) < 4.78 is 5.10. The lowest BCUT2D eigenvalue weighted by molar-refractivity contribution is 0.310. The Morgan fingerprint density at radius 2 is 2.33 bits per heavy atom. The maximum absolute atomic E-state index is 5.85. The van der Waals surface area contributed by atoms with E-state index in [1.54, 1.807) is 11.3 Å². The van der Waals surface area contributed by atoms with E-state index in [-0.39, 0.29) is 0 Å². The molecule has 0 amide bonds. The Kier molecular flexibility index (Phi) is 2.58. The molecule has 2 aromatic rings. The molecule has 0 radical (unpaired) electrons. The summed E-state index contributed by atoms with van der Waals surface area (Å²) in [4.78, 5) is 5.48. The molecule has 0 aromatic carbocycles. The predicted molar refractivity (Wildman–Crippen MR) is 58.6 cm³/mol. The van der Waals surface area contributed by atoms with Crippen LogP contribution in [-0.2, 0) is 12.0 Å². The molecule has 0 saturated carbocycles. The lowest BCUT2D eigenvalue weighted by Crippen LogP contribution is -2.29. The van der Waals surface area contributed by atoms with Gasteiger partial charge >= 0.3 is 0 Å². The first-order valence-electron chi connectivity index (χ1n) is 4.70. The summed E-state index contributed by atoms with van der Waals surface area (Å²) in [6.45, 7) is 3.69. The Hall–Kier alpha value is -1.20. The van der Waals surface area contributed by atoms with E-state index in [1.165, 1.54) is 4.88 Å². The summed E-state index contributed by atoms with van der Waals surface area (Å²) in [6, 6.07) is 4.06. The molecule has 2 rings (SSSR count). The van der Waals surface area contributed by atoms with Crippen molar-refractivity contribution in [2.75, 3.05) is 0 Å². The smallest absolute Gasteiger partial charge is 0.246 e. The number of thiophene rings is 1. The van der Waals surface area contributed by atoms with Crippen LogP contribution in [0.2, 0.25) is 0 Å². The van der Waals surface area contributed by atoms with Crippen molar-refractivity contribution in [1.29, 1.82) is 0 Å². The normalized spacial score (nSPS) is 11.9. The van der Waals surface area contributed by atoms with Gasteiger partial charge in [-0.25, -0.2) is 0 Å². The van der Waals surface area contributed by atoms with Crippen molar-refractivity contribution in [3.05, 3.63) is 34.1 Å². The number of nitrogens with two attached hydrogens (primary N) is 1. The first kappa shape index (κ1) is 10.3. The lowest BCUT2D eigenvalue weighted by Gasteiger charge is -2.10. The zero-order valence-corrected chi connectivity index (χ0v) is 9.54. The second-order valence-corrected chi connectivity index (χ2v) is 5.03. The minimum Gasteiger partial charge on any atom is -0.337 e. The summed E-state index contributed by atoms with van der Waals surface area (Å²) in [5.41, 5.74) is 5.28. The van der Waals surface area contributed by atoms with Crippen LogP contribution in [0.25, 0.3) is 0 Å². The second-order valence-electron chi connectivity index (χ2n) is 3.99. The fraction of sp³-hybridized carbons (Fsp3) is 0.400. The summed E-state index contributed by atoms with van der Waals surface area (Å²) in [5, 5.41) is 5.93. The summed E-state index contributed by atoms with van der Waals surface area (Å²) in [5.74, 6) is 1.17. The molecule has 0 fully saturated rings. The molecular formula is C10H13N3OS. The largest absolute Gasteiger partial charge is 0.337 e. The van der Waals surface area contributed by atoms with Gasteiger partial charge in [0.05, 0.1) is 5.54 Å². The summed E-state index contributed by atoms with van der Waals surface area (Å²) in [7, 11) is 0. The first-order chi connectivity index (χ1) is 7.05. The minimum absolute atomic E-state index is 0.481. The highest BCUT2D eigenvalue weighted by Crippen LogP contribution is 2.17. The van der Waals surface area contributed by atoms with Gasteiger partial charge < -0.3 is 10.3 Å². The quantitative estimate of drug-likeness (QED) is 0.863. The van der Waals surface area contributed by atoms with E-state index in [2.05, 4.69) is 10.1 Å². The van der Waals surface area contributed by atoms with Crippen LogP contribution in [0.4, 0.5) is 0 Å². The highest BCUT2D eigenvalue weighted by molar-refractivity contribution is 7.09. The van der Waals surface area contributed by atoms with Crippen LogP contribution in [-0.4, -0.2) is 10.1 Å². The third-order valence-corrected chi connectivity index (χ3v) is 2.81. The molecule has 80 valence electrons. The zero-order chi connectivity index (χ0) is 10.9. The Morgan fingerprint density at radius 1 is 1.53 bits per heavy atom. The lowest BCUT2D eigenvalue weighted by atomic mass is 10.1. The number of hydrogen-bond acceptors (Lipinski definition) is 5. The van der Waals surface area contributed by atoms with Crippen LogP contribution in [0.15, 0.2) is 22.0 Å². The van der Waals surface area contributed by atoms with E-state index in [4.69, 9.17) is 10.3 Å². The number of hydrogen-bond donors (Lipinski definition) is 1. The SMILES string of the molecule is CC(C)(N)c1nc(Cc2cccs2)no1. The fourth-order valence-electron chi connectivity index (χ4n) is 1.16. The third kappa shape index (κ3) is 2.43. The van der Waals surface area contributed by atoms with Crippen LogP contribution in [0.1, 0.15) is 30.4 Å². The van der Waals surface area contributed by atoms with E-state index in [0.717, 1.165) is 0 Å². The van der Waals surface area contributed by atoms with Crippen LogP contribution in [0.3, 0.4) is 0 Å². The van der Waals surface area contributed by atoms with Gasteiger partial charge in [0.2, 0.25) is 5.89 Å². The van der Waals surface area contributed by atoms with Crippen LogP contribution >= 0.6 is 11.3 Å². The van der Waals surface area contributed by atoms with E-state index in [9.17, 15) is 0 Å². The van der Waals surface area contributed by atoms with Crippen molar-refractivity contribution in [2.45, 2.75) is 25.8 Å². The molecule has 2 aromatic heterocycles. The molecule has 4 nitrogen and oxygen atoms in total. The summed E-state index contributed by atoms with van der Waals surface area (Å²) >= 11 is 1.68. The number of nitrogens with zero attached hydrogens (tertiary/aromatic N) is 2. The van der Waals surface area contributed by atoms with E-state index >= 15 is 0 Å². The van der Waals surface area contributed by atoms with E-state index in [0.29, 0.717) is 18.1 Å². The first-order valence-corrected chi connectivity index (χ1v) is 5.58. The highest BCUT2D eigenvalue weighted by Gasteiger charge is 2.22. The van der Waals surface area contributed by atoms with Gasteiger partial charge in [-0.3, -0.25) is 0 Å². The van der Waals surface area contributed by atoms with Gasteiger partial charge in [-0.05, 0) is 25.3 Å². The molecule has 0 aliphatic carbocycles. The van der Waals surface area contributed by atoms with Gasteiger partial charge in [-0.2, -0.15) is 4.98 Å². The number of rotatable bonds is 3. The highest BCUT2D eigenvalue weighted by atomic mass is 32.1. The predicted octanol–water partition coefficient (Wildman–Crippen LogP) is 1.92. The van der Waals surface area contributed by atoms with E-state index < -0.39 is 5.54 Å². The molecule has 0 unspecified atom stereocenters. The van der Waals surface area contributed by atoms with Crippen molar-refractivity contribution in [3.63, 3.8) is 0 Å². The maximum atomic E-state index is 5.85. The van der Waals surface area contributed by atoms with Gasteiger partial charge in [0, 0.05) is 11.3 Å². The van der Waals surface area contributed by atoms with Crippen molar-refractivity contribution in [1.82, 2.24) is 10.1 Å². The fourth-order valence-corrected chi connectivity index (χ4v) is 1.86. The van der Waals surface area contributed by atoms with Gasteiger partial charge in [-0.15, -0.1) is 11.3 Å². The Morgan fingerprint density at radius 3 is 2.87 bits per heavy atom. The Labute approximate surface area is 92.1 Å². The molecule has 0 spiro atoms. The van der Waals surface area contributed by atoms with Gasteiger partial charge in [0.25, 0.3) is 0 Å². The van der Waals surface area contributed by atoms with Crippen molar-refractivity contribution < 1.29 is 4.52 Å². The second kappa shape index (κ2) is 3.75. The molecule has 0 atom stereocenters. The van der Waals surface area contributed by atoms with Crippen LogP contribution < -0.4 is 5.73 Å². The maximum Gasteiger partial charge on any atom is 0.246 e. The monoisotopic (exact) mass is 223 g/mol. The molecule has 15 heavy (non-hydrogen) atoms. The zero-order valence-electron chi connectivity index (χ0n) is 8.73. The molecule has 0 aliphatic heterocycles. The summed E-state index contributed by atoms with van der Waals surface area (Å²) in [6.07, 6.45) is 0.706. The number of aromatic nitrogens is 2. The molecule has 5 heteroatoms. The molecule has 0 bridgehead atoms. The minimum atomic E-state index is -0.569. The molecule has 0 aliphatic rings. The Balaban J connectivity index is 2.15. The van der Waals surface area contributed by atoms with Crippen molar-refractivity contribution in [3.8, 4) is 0 Å². The molecular weight excluding hydrogens is 210 g/mol. The average Bonchev–Trinajstić information content (AvgIpc) is 2.73. The van der Waals surface area contributed by atoms with Crippen molar-refractivity contribution in [2.24, 2.45) is 5.73 Å². The molecule has 2 heterocycles. The van der Waals surface area contributed by atoms with E-state index in [1.807, 2.05) is 31.4 Å². The van der Waals surface area contributed by atoms with Gasteiger partial charge in [0.1, 0.15) is 0 Å². The topological polar surface area (TPSA) is 64.9 Å². The molecule has 0 saturated heterocycles. The molecule has 2 N–H and O–H groups in total. The van der Waals surface area contributed by atoms with Crippen LogP contribution in [0, 0.1) is 0 Å². The van der Waals surface area contributed by atoms with Gasteiger partial charge in [0.15, 0.2) is 5.82 Å². The van der Waals surface area contributed by atoms with Crippen LogP contribution in [0.5, 0.6) is 0 Å².